The van der Waals surface area contributed by atoms with E-state index >= 15 is 0 Å². The summed E-state index contributed by atoms with van der Waals surface area (Å²) in [5.41, 5.74) is 4.03. The molecule has 6 heteroatoms. The molecule has 62 valence electrons. The molecule has 0 atom stereocenters. The lowest BCUT2D eigenvalue weighted by Crippen LogP contribution is -2.03. The highest BCUT2D eigenvalue weighted by atomic mass is 19.0. The first-order valence-electron chi connectivity index (χ1n) is 2.42. The molecule has 5 nitrogen and oxygen atoms in total. The van der Waals surface area contributed by atoms with Gasteiger partial charge < -0.3 is 10.8 Å². The maximum absolute atomic E-state index is 8.78. The van der Waals surface area contributed by atoms with E-state index < -0.39 is 6.09 Å². The number of halogens is 1. The number of amides is 1. The van der Waals surface area contributed by atoms with Crippen LogP contribution in [0.1, 0.15) is 0 Å². The molecule has 0 aliphatic rings. The molecule has 0 aliphatic heterocycles. The van der Waals surface area contributed by atoms with Crippen LogP contribution in [0.5, 0.6) is 0 Å². The molecule has 1 aromatic rings. The molecule has 0 aliphatic carbocycles. The van der Waals surface area contributed by atoms with Gasteiger partial charge in [-0.3, -0.25) is 4.70 Å². The molecule has 0 aromatic carbocycles. The number of rotatable bonds is 0. The van der Waals surface area contributed by atoms with Gasteiger partial charge in [0, 0.05) is 12.4 Å². The summed E-state index contributed by atoms with van der Waals surface area (Å²) in [6.45, 7) is 0. The summed E-state index contributed by atoms with van der Waals surface area (Å²) in [5.74, 6) is 0. The Balaban J connectivity index is 0. The minimum Gasteiger partial charge on any atom is -0.465 e. The van der Waals surface area contributed by atoms with Crippen molar-refractivity contribution in [2.45, 2.75) is 0 Å². The van der Waals surface area contributed by atoms with Gasteiger partial charge in [0.1, 0.15) is 6.33 Å². The van der Waals surface area contributed by atoms with E-state index in [-0.39, 0.29) is 4.70 Å². The quantitative estimate of drug-likeness (QED) is 0.570. The lowest BCUT2D eigenvalue weighted by Gasteiger charge is -1.70. The molecule has 1 heterocycles. The zero-order chi connectivity index (χ0) is 7.82. The van der Waals surface area contributed by atoms with E-state index in [1.54, 1.807) is 18.5 Å². The van der Waals surface area contributed by atoms with Gasteiger partial charge >= 0.3 is 6.09 Å². The Morgan fingerprint density at radius 1 is 1.36 bits per heavy atom. The third-order valence-electron chi connectivity index (χ3n) is 0.478. The number of carbonyl (C=O) groups is 1. The number of primary amides is 1. The molecular weight excluding hydrogens is 153 g/mol. The van der Waals surface area contributed by atoms with Crippen molar-refractivity contribution in [1.29, 1.82) is 0 Å². The van der Waals surface area contributed by atoms with E-state index in [4.69, 9.17) is 9.90 Å². The molecule has 3 N–H and O–H groups in total. The third kappa shape index (κ3) is 17.8. The standard InChI is InChI=1S/C4H4N2.CH3NO2.FH/c1-2-5-4-6-3-1;2-1(3)4;/h1-4H;2H2,(H,3,4);1H. The molecule has 1 rings (SSSR count). The summed E-state index contributed by atoms with van der Waals surface area (Å²) >= 11 is 0. The Hall–Kier alpha value is -1.72. The number of carboxylic acid groups (broad SMARTS) is 1. The highest BCUT2D eigenvalue weighted by Gasteiger charge is 1.65. The van der Waals surface area contributed by atoms with E-state index in [0.29, 0.717) is 0 Å². The van der Waals surface area contributed by atoms with Gasteiger partial charge in [-0.1, -0.05) is 0 Å². The molecule has 0 radical (unpaired) electrons. The number of nitrogens with zero attached hydrogens (tertiary/aromatic N) is 2. The number of hydrogen-bond donors (Lipinski definition) is 2. The Bertz CT molecular complexity index is 152. The van der Waals surface area contributed by atoms with Crippen molar-refractivity contribution < 1.29 is 14.6 Å². The van der Waals surface area contributed by atoms with Crippen LogP contribution in [0, 0.1) is 0 Å². The van der Waals surface area contributed by atoms with Gasteiger partial charge in [0.05, 0.1) is 0 Å². The molecule has 0 saturated heterocycles. The largest absolute Gasteiger partial charge is 0.465 e. The summed E-state index contributed by atoms with van der Waals surface area (Å²) in [5, 5.41) is 7.19. The van der Waals surface area contributed by atoms with Crippen LogP contribution in [0.2, 0.25) is 0 Å². The summed E-state index contributed by atoms with van der Waals surface area (Å²) in [6.07, 6.45) is 3.54. The van der Waals surface area contributed by atoms with Gasteiger partial charge in [-0.2, -0.15) is 0 Å². The van der Waals surface area contributed by atoms with E-state index in [0.717, 1.165) is 0 Å². The first kappa shape index (κ1) is 12.0. The van der Waals surface area contributed by atoms with Crippen LogP contribution in [-0.2, 0) is 0 Å². The maximum atomic E-state index is 8.78. The Morgan fingerprint density at radius 2 is 1.73 bits per heavy atom. The highest BCUT2D eigenvalue weighted by Crippen LogP contribution is 1.66. The average Bonchev–Trinajstić information content (AvgIpc) is 1.90. The predicted molar refractivity (Wildman–Crippen MR) is 36.7 cm³/mol. The first-order chi connectivity index (χ1) is 4.73. The van der Waals surface area contributed by atoms with E-state index in [1.165, 1.54) is 6.33 Å². The lowest BCUT2D eigenvalue weighted by atomic mass is 10.7. The van der Waals surface area contributed by atoms with Crippen LogP contribution in [0.3, 0.4) is 0 Å². The van der Waals surface area contributed by atoms with Crippen LogP contribution >= 0.6 is 0 Å². The maximum Gasteiger partial charge on any atom is 0.402 e. The van der Waals surface area contributed by atoms with E-state index in [2.05, 4.69) is 15.7 Å². The molecule has 0 unspecified atom stereocenters. The second-order valence-corrected chi connectivity index (χ2v) is 1.24. The Morgan fingerprint density at radius 3 is 1.82 bits per heavy atom. The van der Waals surface area contributed by atoms with Gasteiger partial charge in [-0.25, -0.2) is 14.8 Å². The van der Waals surface area contributed by atoms with Crippen molar-refractivity contribution >= 4 is 6.09 Å². The van der Waals surface area contributed by atoms with Crippen molar-refractivity contribution in [2.75, 3.05) is 0 Å². The molecule has 0 spiro atoms. The molecular formula is C5H8FN3O2. The van der Waals surface area contributed by atoms with Gasteiger partial charge in [0.25, 0.3) is 0 Å². The van der Waals surface area contributed by atoms with Gasteiger partial charge in [-0.15, -0.1) is 0 Å². The van der Waals surface area contributed by atoms with Gasteiger partial charge in [-0.05, 0) is 6.07 Å². The fourth-order valence-corrected chi connectivity index (χ4v) is 0.253. The fraction of sp³-hybridized carbons (Fsp3) is 0. The predicted octanol–water partition coefficient (Wildman–Crippen LogP) is 0.252. The van der Waals surface area contributed by atoms with Crippen LogP contribution in [0.25, 0.3) is 0 Å². The van der Waals surface area contributed by atoms with Crippen LogP contribution in [0.15, 0.2) is 24.8 Å². The topological polar surface area (TPSA) is 89.1 Å². The average molecular weight is 161 g/mol. The van der Waals surface area contributed by atoms with E-state index in [1.807, 2.05) is 0 Å². The zero-order valence-corrected chi connectivity index (χ0v) is 5.54. The van der Waals surface area contributed by atoms with Crippen molar-refractivity contribution in [3.05, 3.63) is 24.8 Å². The van der Waals surface area contributed by atoms with Crippen LogP contribution in [-0.4, -0.2) is 21.2 Å². The minimum absolute atomic E-state index is 0. The molecule has 0 fully saturated rings. The molecule has 0 saturated carbocycles. The zero-order valence-electron chi connectivity index (χ0n) is 5.54. The fourth-order valence-electron chi connectivity index (χ4n) is 0.253. The van der Waals surface area contributed by atoms with Crippen molar-refractivity contribution in [1.82, 2.24) is 9.97 Å². The smallest absolute Gasteiger partial charge is 0.402 e. The first-order valence-corrected chi connectivity index (χ1v) is 2.42. The van der Waals surface area contributed by atoms with Crippen molar-refractivity contribution in [3.63, 3.8) is 0 Å². The van der Waals surface area contributed by atoms with Crippen molar-refractivity contribution in [3.8, 4) is 0 Å². The summed E-state index contributed by atoms with van der Waals surface area (Å²) in [6, 6.07) is 1.78. The van der Waals surface area contributed by atoms with Gasteiger partial charge in [0.2, 0.25) is 0 Å². The second kappa shape index (κ2) is 8.28. The number of nitrogens with two attached hydrogens (primary N) is 1. The minimum atomic E-state index is -1.33. The van der Waals surface area contributed by atoms with Crippen molar-refractivity contribution in [2.24, 2.45) is 5.73 Å². The van der Waals surface area contributed by atoms with Crippen LogP contribution < -0.4 is 5.73 Å². The molecule has 11 heavy (non-hydrogen) atoms. The number of aromatic nitrogens is 2. The SMILES string of the molecule is F.NC(=O)O.c1cncnc1. The lowest BCUT2D eigenvalue weighted by molar-refractivity contribution is 0.205. The molecule has 0 bridgehead atoms. The van der Waals surface area contributed by atoms with Crippen LogP contribution in [0.4, 0.5) is 9.50 Å². The Kier molecular flexibility index (Phi) is 9.04. The monoisotopic (exact) mass is 161 g/mol. The molecule has 1 amide bonds. The number of hydrogen-bond acceptors (Lipinski definition) is 3. The summed E-state index contributed by atoms with van der Waals surface area (Å²) in [7, 11) is 0. The summed E-state index contributed by atoms with van der Waals surface area (Å²) in [4.78, 5) is 16.1. The second-order valence-electron chi connectivity index (χ2n) is 1.24. The van der Waals surface area contributed by atoms with E-state index in [9.17, 15) is 0 Å². The van der Waals surface area contributed by atoms with Gasteiger partial charge in [0.15, 0.2) is 0 Å². The third-order valence-corrected chi connectivity index (χ3v) is 0.478. The highest BCUT2D eigenvalue weighted by molar-refractivity contribution is 5.61. The molecule has 1 aromatic heterocycles. The Labute approximate surface area is 62.3 Å². The summed E-state index contributed by atoms with van der Waals surface area (Å²) < 4.78 is 0. The normalized spacial score (nSPS) is 6.55.